The average molecular weight is 291 g/mol. The summed E-state index contributed by atoms with van der Waals surface area (Å²) in [6.07, 6.45) is 0.623. The number of carbonyl (C=O) groups excluding carboxylic acids is 1. The van der Waals surface area contributed by atoms with Gasteiger partial charge in [0.2, 0.25) is 0 Å². The molecule has 21 heavy (non-hydrogen) atoms. The summed E-state index contributed by atoms with van der Waals surface area (Å²) in [5, 5.41) is 10.2. The number of hydrogen-bond acceptors (Lipinski definition) is 4. The lowest BCUT2D eigenvalue weighted by Crippen LogP contribution is -2.42. The van der Waals surface area contributed by atoms with Gasteiger partial charge in [0.1, 0.15) is 5.82 Å². The van der Waals surface area contributed by atoms with Crippen LogP contribution in [0, 0.1) is 5.82 Å². The second-order valence-electron chi connectivity index (χ2n) is 5.65. The lowest BCUT2D eigenvalue weighted by atomic mass is 9.88. The number of aliphatic hydroxyl groups is 1. The molecule has 5 heteroatoms. The van der Waals surface area contributed by atoms with Crippen LogP contribution in [0.15, 0.2) is 29.8 Å². The smallest absolute Gasteiger partial charge is 0.335 e. The van der Waals surface area contributed by atoms with E-state index in [-0.39, 0.29) is 23.9 Å². The zero-order chi connectivity index (χ0) is 15.1. The summed E-state index contributed by atoms with van der Waals surface area (Å²) in [7, 11) is 3.27. The number of nitrogens with zero attached hydrogens (tertiary/aromatic N) is 1. The van der Waals surface area contributed by atoms with E-state index in [0.717, 1.165) is 11.1 Å². The summed E-state index contributed by atoms with van der Waals surface area (Å²) in [6.45, 7) is 0. The fraction of sp³-hybridized carbons (Fsp3) is 0.438. The van der Waals surface area contributed by atoms with Crippen molar-refractivity contribution in [1.82, 2.24) is 4.90 Å². The Balaban J connectivity index is 2.11. The van der Waals surface area contributed by atoms with Crippen molar-refractivity contribution in [1.29, 1.82) is 0 Å². The number of likely N-dealkylation sites (N-methyl/N-ethyl adjacent to an activating group) is 1. The van der Waals surface area contributed by atoms with Gasteiger partial charge in [-0.05, 0) is 43.2 Å². The molecule has 2 aliphatic heterocycles. The number of hydrogen-bond donors (Lipinski definition) is 1. The minimum Gasteiger partial charge on any atom is -0.466 e. The van der Waals surface area contributed by atoms with Crippen molar-refractivity contribution < 1.29 is 19.0 Å². The third-order valence-corrected chi connectivity index (χ3v) is 4.59. The Hall–Kier alpha value is -1.72. The molecule has 0 amide bonds. The van der Waals surface area contributed by atoms with E-state index >= 15 is 0 Å². The first-order chi connectivity index (χ1) is 10.0. The summed E-state index contributed by atoms with van der Waals surface area (Å²) in [5.41, 5.74) is 2.25. The fourth-order valence-electron chi connectivity index (χ4n) is 3.47. The van der Waals surface area contributed by atoms with Crippen LogP contribution in [0.1, 0.15) is 18.4 Å². The van der Waals surface area contributed by atoms with Crippen molar-refractivity contribution in [2.75, 3.05) is 14.2 Å². The van der Waals surface area contributed by atoms with Gasteiger partial charge in [-0.2, -0.15) is 0 Å². The van der Waals surface area contributed by atoms with Gasteiger partial charge in [0.15, 0.2) is 0 Å². The molecule has 2 aliphatic rings. The van der Waals surface area contributed by atoms with Crippen LogP contribution in [0.2, 0.25) is 0 Å². The van der Waals surface area contributed by atoms with Crippen molar-refractivity contribution in [3.05, 3.63) is 41.2 Å². The van der Waals surface area contributed by atoms with Crippen LogP contribution in [-0.2, 0) is 9.53 Å². The number of esters is 1. The van der Waals surface area contributed by atoms with Crippen LogP contribution >= 0.6 is 0 Å². The van der Waals surface area contributed by atoms with E-state index in [4.69, 9.17) is 4.74 Å². The largest absolute Gasteiger partial charge is 0.466 e. The molecule has 1 N–H and O–H groups in total. The lowest BCUT2D eigenvalue weighted by Gasteiger charge is -2.34. The molecule has 1 aromatic rings. The molecule has 0 aliphatic carbocycles. The summed E-state index contributed by atoms with van der Waals surface area (Å²) in [4.78, 5) is 14.2. The Morgan fingerprint density at radius 3 is 2.67 bits per heavy atom. The van der Waals surface area contributed by atoms with E-state index in [9.17, 15) is 14.3 Å². The van der Waals surface area contributed by atoms with Gasteiger partial charge in [-0.1, -0.05) is 12.1 Å². The van der Waals surface area contributed by atoms with E-state index in [0.29, 0.717) is 18.4 Å². The van der Waals surface area contributed by atoms with Crippen molar-refractivity contribution in [2.45, 2.75) is 31.0 Å². The Labute approximate surface area is 122 Å². The lowest BCUT2D eigenvalue weighted by molar-refractivity contribution is -0.136. The highest BCUT2D eigenvalue weighted by Crippen LogP contribution is 2.42. The maximum Gasteiger partial charge on any atom is 0.335 e. The van der Waals surface area contributed by atoms with Crippen LogP contribution in [0.5, 0.6) is 0 Å². The van der Waals surface area contributed by atoms with Crippen LogP contribution in [0.3, 0.4) is 0 Å². The van der Waals surface area contributed by atoms with Crippen LogP contribution < -0.4 is 0 Å². The number of benzene rings is 1. The Morgan fingerprint density at radius 1 is 1.38 bits per heavy atom. The third kappa shape index (κ3) is 2.26. The van der Waals surface area contributed by atoms with Gasteiger partial charge < -0.3 is 9.84 Å². The molecule has 4 nitrogen and oxygen atoms in total. The van der Waals surface area contributed by atoms with Crippen molar-refractivity contribution in [2.24, 2.45) is 0 Å². The molecule has 1 saturated heterocycles. The molecule has 2 heterocycles. The summed E-state index contributed by atoms with van der Waals surface area (Å²) in [5.74, 6) is -0.686. The standard InChI is InChI=1S/C16H18FNO3/c1-18-12-7-11(9-3-5-10(17)6-4-9)15(16(20)21-2)13(18)8-14(12)19/h3-6,12-14,19H,7-8H2,1-2H3/t12-,13+,14-/m0/s1. The molecule has 0 aromatic heterocycles. The SMILES string of the molecule is COC(=O)C1=C(c2ccc(F)cc2)C[C@H]2[C@@H](O)C[C@H]1N2C. The third-order valence-electron chi connectivity index (χ3n) is 4.59. The minimum atomic E-state index is -0.461. The summed E-state index contributed by atoms with van der Waals surface area (Å²) in [6, 6.07) is 5.95. The van der Waals surface area contributed by atoms with Crippen LogP contribution in [0.25, 0.3) is 5.57 Å². The van der Waals surface area contributed by atoms with Crippen molar-refractivity contribution >= 4 is 11.5 Å². The molecule has 1 fully saturated rings. The molecular weight excluding hydrogens is 273 g/mol. The second-order valence-corrected chi connectivity index (χ2v) is 5.65. The molecule has 0 spiro atoms. The van der Waals surface area contributed by atoms with Crippen molar-refractivity contribution in [3.8, 4) is 0 Å². The number of rotatable bonds is 2. The van der Waals surface area contributed by atoms with Gasteiger partial charge in [-0.3, -0.25) is 4.90 Å². The van der Waals surface area contributed by atoms with Gasteiger partial charge in [0.05, 0.1) is 18.8 Å². The quantitative estimate of drug-likeness (QED) is 0.841. The van der Waals surface area contributed by atoms with Gasteiger partial charge in [-0.15, -0.1) is 0 Å². The number of aliphatic hydroxyl groups excluding tert-OH is 1. The van der Waals surface area contributed by atoms with E-state index < -0.39 is 6.10 Å². The fourth-order valence-corrected chi connectivity index (χ4v) is 3.47. The van der Waals surface area contributed by atoms with Gasteiger partial charge in [0, 0.05) is 12.1 Å². The number of halogens is 1. The van der Waals surface area contributed by atoms with Gasteiger partial charge >= 0.3 is 5.97 Å². The molecule has 0 unspecified atom stereocenters. The maximum atomic E-state index is 13.1. The van der Waals surface area contributed by atoms with E-state index in [1.54, 1.807) is 12.1 Å². The zero-order valence-corrected chi connectivity index (χ0v) is 12.0. The molecule has 3 rings (SSSR count). The van der Waals surface area contributed by atoms with Crippen molar-refractivity contribution in [3.63, 3.8) is 0 Å². The zero-order valence-electron chi connectivity index (χ0n) is 12.0. The number of fused-ring (bicyclic) bond motifs is 2. The van der Waals surface area contributed by atoms with E-state index in [1.807, 2.05) is 11.9 Å². The molecule has 3 atom stereocenters. The first-order valence-electron chi connectivity index (χ1n) is 7.00. The molecule has 112 valence electrons. The second kappa shape index (κ2) is 5.24. The molecule has 2 bridgehead atoms. The Kier molecular flexibility index (Phi) is 3.55. The van der Waals surface area contributed by atoms with E-state index in [1.165, 1.54) is 19.2 Å². The Bertz CT molecular complexity index is 596. The number of methoxy groups -OCH3 is 1. The minimum absolute atomic E-state index is 0.0107. The number of ether oxygens (including phenoxy) is 1. The topological polar surface area (TPSA) is 49.8 Å². The monoisotopic (exact) mass is 291 g/mol. The van der Waals surface area contributed by atoms with Gasteiger partial charge in [-0.25, -0.2) is 9.18 Å². The first kappa shape index (κ1) is 14.2. The highest BCUT2D eigenvalue weighted by molar-refractivity contribution is 5.99. The molecule has 0 saturated carbocycles. The van der Waals surface area contributed by atoms with Crippen LogP contribution in [0.4, 0.5) is 4.39 Å². The molecule has 0 radical (unpaired) electrons. The van der Waals surface area contributed by atoms with Gasteiger partial charge in [0.25, 0.3) is 0 Å². The predicted molar refractivity (Wildman–Crippen MR) is 75.9 cm³/mol. The average Bonchev–Trinajstić information content (AvgIpc) is 2.66. The van der Waals surface area contributed by atoms with E-state index in [2.05, 4.69) is 0 Å². The molecular formula is C16H18FNO3. The highest BCUT2D eigenvalue weighted by atomic mass is 19.1. The summed E-state index contributed by atoms with van der Waals surface area (Å²) >= 11 is 0. The van der Waals surface area contributed by atoms with Crippen LogP contribution in [-0.4, -0.2) is 48.3 Å². The first-order valence-corrected chi connectivity index (χ1v) is 7.00. The predicted octanol–water partition coefficient (Wildman–Crippen LogP) is 1.59. The Morgan fingerprint density at radius 2 is 2.05 bits per heavy atom. The summed E-state index contributed by atoms with van der Waals surface area (Å²) < 4.78 is 18.0. The molecule has 1 aromatic carbocycles. The number of carbonyl (C=O) groups is 1. The normalized spacial score (nSPS) is 28.9. The maximum absolute atomic E-state index is 13.1. The highest BCUT2D eigenvalue weighted by Gasteiger charge is 2.47.